The number of rotatable bonds is 6. The van der Waals surface area contributed by atoms with E-state index in [0.29, 0.717) is 12.8 Å². The second kappa shape index (κ2) is 6.69. The van der Waals surface area contributed by atoms with E-state index in [1.54, 1.807) is 0 Å². The summed E-state index contributed by atoms with van der Waals surface area (Å²) in [7, 11) is 0. The molecule has 5 N–H and O–H groups in total. The second-order valence-corrected chi connectivity index (χ2v) is 3.91. The van der Waals surface area contributed by atoms with Crippen molar-refractivity contribution in [2.24, 2.45) is 11.6 Å². The van der Waals surface area contributed by atoms with Crippen molar-refractivity contribution >= 4 is 11.8 Å². The lowest BCUT2D eigenvalue weighted by Gasteiger charge is -2.17. The minimum absolute atomic E-state index is 0.129. The van der Waals surface area contributed by atoms with E-state index in [1.165, 1.54) is 12.1 Å². The minimum atomic E-state index is -0.867. The highest BCUT2D eigenvalue weighted by molar-refractivity contribution is 5.93. The monoisotopic (exact) mass is 269 g/mol. The molecule has 0 aliphatic heterocycles. The lowest BCUT2D eigenvalue weighted by Crippen LogP contribution is -2.42. The molecule has 0 spiro atoms. The molecule has 0 aromatic heterocycles. The van der Waals surface area contributed by atoms with E-state index in [1.807, 2.05) is 12.3 Å². The smallest absolute Gasteiger partial charge is 0.274 e. The van der Waals surface area contributed by atoms with Gasteiger partial charge < -0.3 is 10.5 Å². The second-order valence-electron chi connectivity index (χ2n) is 3.91. The largest absolute Gasteiger partial charge is 0.480 e. The van der Waals surface area contributed by atoms with Gasteiger partial charge in [-0.2, -0.15) is 0 Å². The molecule has 1 aromatic rings. The van der Waals surface area contributed by atoms with Crippen molar-refractivity contribution in [3.63, 3.8) is 0 Å². The molecule has 0 saturated heterocycles. The van der Waals surface area contributed by atoms with Crippen LogP contribution in [0.3, 0.4) is 0 Å². The summed E-state index contributed by atoms with van der Waals surface area (Å²) in [6.07, 6.45) is 0.316. The molecule has 0 saturated carbocycles. The highest BCUT2D eigenvalue weighted by atomic mass is 19.1. The standard InChI is InChI=1S/C12H16FN3O3/c1-2-3-10(12(18)16-15)19-7-4-5-8(11(14)17)9(13)6-7/h4-6,10H,2-3,15H2,1H3,(H2,14,17)(H,16,18). The molecule has 0 radical (unpaired) electrons. The molecule has 7 heteroatoms. The first-order valence-corrected chi connectivity index (χ1v) is 5.76. The number of primary amides is 1. The van der Waals surface area contributed by atoms with Gasteiger partial charge in [0.05, 0.1) is 5.56 Å². The van der Waals surface area contributed by atoms with Crippen LogP contribution in [0.25, 0.3) is 0 Å². The quantitative estimate of drug-likeness (QED) is 0.396. The van der Waals surface area contributed by atoms with Crippen LogP contribution in [0.15, 0.2) is 18.2 Å². The van der Waals surface area contributed by atoms with Crippen molar-refractivity contribution < 1.29 is 18.7 Å². The predicted octanol–water partition coefficient (Wildman–Crippen LogP) is 0.462. The molecule has 104 valence electrons. The van der Waals surface area contributed by atoms with Crippen molar-refractivity contribution in [1.82, 2.24) is 5.43 Å². The van der Waals surface area contributed by atoms with Gasteiger partial charge in [-0.25, -0.2) is 10.2 Å². The number of hydrogen-bond acceptors (Lipinski definition) is 4. The molecule has 0 bridgehead atoms. The first-order valence-electron chi connectivity index (χ1n) is 5.76. The van der Waals surface area contributed by atoms with Gasteiger partial charge in [-0.3, -0.25) is 15.0 Å². The fourth-order valence-electron chi connectivity index (χ4n) is 1.53. The highest BCUT2D eigenvalue weighted by Gasteiger charge is 2.19. The van der Waals surface area contributed by atoms with Gasteiger partial charge in [0.1, 0.15) is 11.6 Å². The number of carbonyl (C=O) groups excluding carboxylic acids is 2. The van der Waals surface area contributed by atoms with Crippen LogP contribution < -0.4 is 21.7 Å². The third-order valence-corrected chi connectivity index (χ3v) is 2.47. The zero-order chi connectivity index (χ0) is 14.4. The molecule has 2 amide bonds. The number of hydrogen-bond donors (Lipinski definition) is 3. The number of hydrazine groups is 1. The van der Waals surface area contributed by atoms with Crippen molar-refractivity contribution in [3.05, 3.63) is 29.6 Å². The van der Waals surface area contributed by atoms with Crippen LogP contribution in [0.1, 0.15) is 30.1 Å². The molecule has 0 heterocycles. The Bertz CT molecular complexity index is 479. The van der Waals surface area contributed by atoms with Gasteiger partial charge in [-0.1, -0.05) is 13.3 Å². The Morgan fingerprint density at radius 3 is 2.63 bits per heavy atom. The summed E-state index contributed by atoms with van der Waals surface area (Å²) < 4.78 is 18.9. The van der Waals surface area contributed by atoms with E-state index in [2.05, 4.69) is 0 Å². The number of ether oxygens (including phenoxy) is 1. The van der Waals surface area contributed by atoms with Crippen LogP contribution in [0.5, 0.6) is 5.75 Å². The predicted molar refractivity (Wildman–Crippen MR) is 66.6 cm³/mol. The van der Waals surface area contributed by atoms with E-state index < -0.39 is 23.7 Å². The van der Waals surface area contributed by atoms with Crippen molar-refractivity contribution in [1.29, 1.82) is 0 Å². The lowest BCUT2D eigenvalue weighted by molar-refractivity contribution is -0.128. The van der Waals surface area contributed by atoms with Gasteiger partial charge in [0.2, 0.25) is 0 Å². The molecule has 0 aliphatic carbocycles. The summed E-state index contributed by atoms with van der Waals surface area (Å²) in [5, 5.41) is 0. The molecule has 0 aliphatic rings. The molecular formula is C12H16FN3O3. The van der Waals surface area contributed by atoms with Crippen molar-refractivity contribution in [2.45, 2.75) is 25.9 Å². The Morgan fingerprint density at radius 1 is 1.47 bits per heavy atom. The van der Waals surface area contributed by atoms with Crippen LogP contribution in [-0.2, 0) is 4.79 Å². The Labute approximate surface area is 109 Å². The van der Waals surface area contributed by atoms with E-state index in [-0.39, 0.29) is 11.3 Å². The minimum Gasteiger partial charge on any atom is -0.480 e. The van der Waals surface area contributed by atoms with Crippen LogP contribution in [0.4, 0.5) is 4.39 Å². The number of nitrogens with two attached hydrogens (primary N) is 2. The van der Waals surface area contributed by atoms with E-state index >= 15 is 0 Å². The van der Waals surface area contributed by atoms with Crippen molar-refractivity contribution in [2.75, 3.05) is 0 Å². The maximum Gasteiger partial charge on any atom is 0.274 e. The summed E-state index contributed by atoms with van der Waals surface area (Å²) in [4.78, 5) is 22.3. The number of halogens is 1. The molecule has 0 fully saturated rings. The van der Waals surface area contributed by atoms with Crippen LogP contribution in [0.2, 0.25) is 0 Å². The van der Waals surface area contributed by atoms with Gasteiger partial charge in [-0.15, -0.1) is 0 Å². The number of nitrogens with one attached hydrogen (secondary N) is 1. The molecule has 1 rings (SSSR count). The summed E-state index contributed by atoms with van der Waals surface area (Å²) in [5.74, 6) is 3.00. The first-order chi connectivity index (χ1) is 8.99. The summed E-state index contributed by atoms with van der Waals surface area (Å²) in [5.41, 5.74) is 6.73. The average molecular weight is 269 g/mol. The number of amides is 2. The van der Waals surface area contributed by atoms with Gasteiger partial charge in [-0.05, 0) is 18.6 Å². The molecule has 6 nitrogen and oxygen atoms in total. The maximum atomic E-state index is 13.5. The lowest BCUT2D eigenvalue weighted by atomic mass is 10.1. The average Bonchev–Trinajstić information content (AvgIpc) is 2.37. The Balaban J connectivity index is 2.88. The van der Waals surface area contributed by atoms with Crippen LogP contribution in [-0.4, -0.2) is 17.9 Å². The SMILES string of the molecule is CCCC(Oc1ccc(C(N)=O)c(F)c1)C(=O)NN. The molecule has 19 heavy (non-hydrogen) atoms. The zero-order valence-corrected chi connectivity index (χ0v) is 10.5. The van der Waals surface area contributed by atoms with Gasteiger partial charge in [0, 0.05) is 6.07 Å². The summed E-state index contributed by atoms with van der Waals surface area (Å²) >= 11 is 0. The van der Waals surface area contributed by atoms with E-state index in [9.17, 15) is 14.0 Å². The zero-order valence-electron chi connectivity index (χ0n) is 10.5. The number of carbonyl (C=O) groups is 2. The van der Waals surface area contributed by atoms with E-state index in [0.717, 1.165) is 6.07 Å². The Hall–Kier alpha value is -2.15. The summed E-state index contributed by atoms with van der Waals surface area (Å²) in [6.45, 7) is 1.87. The molecule has 1 aromatic carbocycles. The third kappa shape index (κ3) is 3.92. The van der Waals surface area contributed by atoms with Crippen LogP contribution in [0, 0.1) is 5.82 Å². The van der Waals surface area contributed by atoms with Crippen molar-refractivity contribution in [3.8, 4) is 5.75 Å². The number of benzene rings is 1. The molecule has 1 atom stereocenters. The van der Waals surface area contributed by atoms with Crippen LogP contribution >= 0.6 is 0 Å². The molecule has 1 unspecified atom stereocenters. The molecular weight excluding hydrogens is 253 g/mol. The Kier molecular flexibility index (Phi) is 5.25. The maximum absolute atomic E-state index is 13.5. The fraction of sp³-hybridized carbons (Fsp3) is 0.333. The van der Waals surface area contributed by atoms with Gasteiger partial charge in [0.15, 0.2) is 6.10 Å². The highest BCUT2D eigenvalue weighted by Crippen LogP contribution is 2.19. The normalized spacial score (nSPS) is 11.7. The third-order valence-electron chi connectivity index (χ3n) is 2.47. The fourth-order valence-corrected chi connectivity index (χ4v) is 1.53. The first kappa shape index (κ1) is 14.9. The van der Waals surface area contributed by atoms with E-state index in [4.69, 9.17) is 16.3 Å². The Morgan fingerprint density at radius 2 is 2.16 bits per heavy atom. The van der Waals surface area contributed by atoms with Gasteiger partial charge >= 0.3 is 0 Å². The van der Waals surface area contributed by atoms with Gasteiger partial charge in [0.25, 0.3) is 11.8 Å². The summed E-state index contributed by atoms with van der Waals surface area (Å²) in [6, 6.07) is 3.58. The topological polar surface area (TPSA) is 107 Å².